The molecule has 7 aromatic heterocycles. The van der Waals surface area contributed by atoms with E-state index in [1.165, 1.54) is 35.4 Å². The first-order valence-electron chi connectivity index (χ1n) is 17.8. The second-order valence-corrected chi connectivity index (χ2v) is 15.1. The van der Waals surface area contributed by atoms with Gasteiger partial charge in [0, 0.05) is 0 Å². The fourth-order valence-electron chi connectivity index (χ4n) is 5.64. The summed E-state index contributed by atoms with van der Waals surface area (Å²) in [5, 5.41) is 39.7. The molecule has 0 fully saturated rings. The first kappa shape index (κ1) is 43.2. The van der Waals surface area contributed by atoms with E-state index >= 15 is 0 Å². The highest BCUT2D eigenvalue weighted by Crippen LogP contribution is 2.37. The number of esters is 3. The Kier molecular flexibility index (Phi) is 11.8. The van der Waals surface area contributed by atoms with E-state index in [0.29, 0.717) is 34.2 Å². The molecule has 0 unspecified atom stereocenters. The Hall–Kier alpha value is -7.86. The van der Waals surface area contributed by atoms with Gasteiger partial charge in [0.1, 0.15) is 16.7 Å². The number of hydrogen-bond donors (Lipinski definition) is 3. The number of carbonyl (C=O) groups is 3. The van der Waals surface area contributed by atoms with Crippen LogP contribution < -0.4 is 17.2 Å². The Morgan fingerprint density at radius 3 is 0.937 bits per heavy atom. The molecule has 6 N–H and O–H groups in total. The van der Waals surface area contributed by atoms with Crippen molar-refractivity contribution in [2.24, 2.45) is 30.7 Å². The number of nitrogens with zero attached hydrogens (tertiary/aromatic N) is 18. The van der Waals surface area contributed by atoms with Crippen LogP contribution in [0.3, 0.4) is 0 Å². The monoisotopic (exact) mass is 915 g/mol. The summed E-state index contributed by atoms with van der Waals surface area (Å²) in [7, 11) is 3.73. The highest BCUT2D eigenvalue weighted by Gasteiger charge is 2.26. The second kappa shape index (κ2) is 17.3. The lowest BCUT2D eigenvalue weighted by Gasteiger charge is -2.09. The Bertz CT molecular complexity index is 2730. The maximum absolute atomic E-state index is 12.4. The Morgan fingerprint density at radius 1 is 0.444 bits per heavy atom. The molecule has 0 aromatic carbocycles. The van der Waals surface area contributed by atoms with Gasteiger partial charge in [-0.15, -0.1) is 30.7 Å². The van der Waals surface area contributed by atoms with Gasteiger partial charge in [-0.3, -0.25) is 0 Å². The molecule has 0 amide bonds. The van der Waals surface area contributed by atoms with E-state index in [4.69, 9.17) is 31.4 Å². The fraction of sp³-hybridized carbons (Fsp3) is 0.273. The van der Waals surface area contributed by atoms with Crippen LogP contribution in [0.1, 0.15) is 65.2 Å². The van der Waals surface area contributed by atoms with E-state index < -0.39 is 17.9 Å². The summed E-state index contributed by atoms with van der Waals surface area (Å²) in [5.41, 5.74) is 22.8. The highest BCUT2D eigenvalue weighted by atomic mass is 32.1. The van der Waals surface area contributed by atoms with Crippen molar-refractivity contribution in [2.75, 3.05) is 38.5 Å². The summed E-state index contributed by atoms with van der Waals surface area (Å²) >= 11 is 2.83. The molecule has 30 heteroatoms. The average Bonchev–Trinajstić information content (AvgIpc) is 4.11. The molecule has 0 aliphatic heterocycles. The fourth-order valence-corrected chi connectivity index (χ4v) is 7.78. The maximum Gasteiger partial charge on any atom is 0.342 e. The molecule has 324 valence electrons. The SMILES string of the molecule is COC(=O)c1c(C)nsc1N=Nc1c(C)nn(-c2nc(-n3nc(C)c(N=Nc4snc(C)c4C(=O)OC)c3N)nc(-n3nc(C)c(N=Nc4snc(C)c4C(=O)OC)c3N)n2)c1N. The molecular weight excluding hydrogens is 883 g/mol. The minimum atomic E-state index is -0.634. The molecule has 0 aliphatic carbocycles. The van der Waals surface area contributed by atoms with E-state index in [0.717, 1.165) is 34.6 Å². The topological polar surface area (TPSA) is 362 Å². The van der Waals surface area contributed by atoms with Crippen LogP contribution in [-0.2, 0) is 14.2 Å². The lowest BCUT2D eigenvalue weighted by molar-refractivity contribution is 0.0592. The lowest BCUT2D eigenvalue weighted by Crippen LogP contribution is -2.17. The molecule has 0 atom stereocenters. The number of anilines is 3. The lowest BCUT2D eigenvalue weighted by atomic mass is 10.2. The van der Waals surface area contributed by atoms with Gasteiger partial charge >= 0.3 is 17.9 Å². The van der Waals surface area contributed by atoms with Crippen molar-refractivity contribution in [3.63, 3.8) is 0 Å². The maximum atomic E-state index is 12.4. The summed E-state index contributed by atoms with van der Waals surface area (Å²) in [5.74, 6) is -2.65. The number of aromatic nitrogens is 12. The number of hydrogen-bond acceptors (Lipinski definition) is 27. The third-order valence-electron chi connectivity index (χ3n) is 8.78. The largest absolute Gasteiger partial charge is 0.465 e. The molecule has 0 aliphatic rings. The number of nitrogens with two attached hydrogens (primary N) is 3. The number of methoxy groups -OCH3 is 3. The smallest absolute Gasteiger partial charge is 0.342 e. The van der Waals surface area contributed by atoms with Crippen molar-refractivity contribution in [3.8, 4) is 17.8 Å². The van der Waals surface area contributed by atoms with Crippen LogP contribution in [0.4, 0.5) is 49.5 Å². The van der Waals surface area contributed by atoms with Gasteiger partial charge in [0.2, 0.25) is 0 Å². The third-order valence-corrected chi connectivity index (χ3v) is 11.3. The van der Waals surface area contributed by atoms with E-state index in [9.17, 15) is 14.4 Å². The quantitative estimate of drug-likeness (QED) is 0.0718. The number of nitrogen functional groups attached to an aromatic ring is 3. The summed E-state index contributed by atoms with van der Waals surface area (Å²) < 4.78 is 30.7. The number of ether oxygens (including phenoxy) is 3. The Morgan fingerprint density at radius 2 is 0.698 bits per heavy atom. The number of aryl methyl sites for hydroxylation is 6. The number of azo groups is 3. The van der Waals surface area contributed by atoms with Crippen LogP contribution in [0.15, 0.2) is 30.7 Å². The van der Waals surface area contributed by atoms with Crippen molar-refractivity contribution in [1.29, 1.82) is 0 Å². The van der Waals surface area contributed by atoms with Gasteiger partial charge in [-0.25, -0.2) is 14.4 Å². The van der Waals surface area contributed by atoms with Crippen molar-refractivity contribution in [1.82, 2.24) is 57.4 Å². The van der Waals surface area contributed by atoms with Crippen LogP contribution >= 0.6 is 34.6 Å². The zero-order chi connectivity index (χ0) is 45.4. The van der Waals surface area contributed by atoms with E-state index in [-0.39, 0.29) is 84.1 Å². The van der Waals surface area contributed by atoms with Crippen molar-refractivity contribution < 1.29 is 28.6 Å². The summed E-state index contributed by atoms with van der Waals surface area (Å²) in [6.07, 6.45) is 0. The summed E-state index contributed by atoms with van der Waals surface area (Å²) in [4.78, 5) is 51.1. The Labute approximate surface area is 366 Å². The predicted molar refractivity (Wildman–Crippen MR) is 226 cm³/mol. The summed E-state index contributed by atoms with van der Waals surface area (Å²) in [6, 6.07) is 0. The van der Waals surface area contributed by atoms with Gasteiger partial charge in [-0.2, -0.15) is 57.4 Å². The van der Waals surface area contributed by atoms with Gasteiger partial charge in [-0.05, 0) is 76.1 Å². The standard InChI is InChI=1S/C33H33N21O6S3/c1-10-16(28(55)58-7)25(61-49-10)43-40-19-13(4)46-52(22(19)34)31-37-32(53-23(35)20(14(5)47-53)41-44-26-17(29(56)59-8)11(2)50-62-26)39-33(38-31)54-24(36)21(15(6)48-54)42-45-27-18(30(57)60-9)12(3)51-63-27/h34-36H2,1-9H3. The molecule has 0 saturated heterocycles. The molecule has 0 saturated carbocycles. The van der Waals surface area contributed by atoms with Gasteiger partial charge in [-0.1, -0.05) is 0 Å². The molecule has 63 heavy (non-hydrogen) atoms. The van der Waals surface area contributed by atoms with Gasteiger partial charge < -0.3 is 31.4 Å². The molecule has 27 nitrogen and oxygen atoms in total. The van der Waals surface area contributed by atoms with E-state index in [2.05, 4.69) is 74.1 Å². The van der Waals surface area contributed by atoms with Crippen LogP contribution in [-0.4, -0.2) is 96.7 Å². The van der Waals surface area contributed by atoms with Crippen LogP contribution in [0.5, 0.6) is 0 Å². The zero-order valence-corrected chi connectivity index (χ0v) is 36.9. The molecular formula is C33H33N21O6S3. The molecule has 0 bridgehead atoms. The number of carbonyl (C=O) groups excluding carboxylic acids is 3. The van der Waals surface area contributed by atoms with Gasteiger partial charge in [0.25, 0.3) is 17.8 Å². The average molecular weight is 916 g/mol. The predicted octanol–water partition coefficient (Wildman–Crippen LogP) is 6.00. The third kappa shape index (κ3) is 7.94. The summed E-state index contributed by atoms with van der Waals surface area (Å²) in [6.45, 7) is 9.78. The molecule has 0 radical (unpaired) electrons. The van der Waals surface area contributed by atoms with E-state index in [1.54, 1.807) is 41.5 Å². The first-order chi connectivity index (χ1) is 30.1. The van der Waals surface area contributed by atoms with Crippen LogP contribution in [0.2, 0.25) is 0 Å². The number of rotatable bonds is 12. The molecule has 7 heterocycles. The van der Waals surface area contributed by atoms with Crippen LogP contribution in [0.25, 0.3) is 17.8 Å². The second-order valence-electron chi connectivity index (χ2n) is 12.8. The Balaban J connectivity index is 1.36. The molecule has 7 aromatic rings. The van der Waals surface area contributed by atoms with Crippen molar-refractivity contribution >= 4 is 102 Å². The zero-order valence-electron chi connectivity index (χ0n) is 34.5. The normalized spacial score (nSPS) is 11.8. The van der Waals surface area contributed by atoms with Crippen molar-refractivity contribution in [2.45, 2.75) is 41.5 Å². The molecule has 7 rings (SSSR count). The van der Waals surface area contributed by atoms with Crippen molar-refractivity contribution in [3.05, 3.63) is 50.9 Å². The first-order valence-corrected chi connectivity index (χ1v) is 20.1. The van der Waals surface area contributed by atoms with E-state index in [1.807, 2.05) is 0 Å². The highest BCUT2D eigenvalue weighted by molar-refractivity contribution is 7.11. The minimum absolute atomic E-state index is 0.0686. The van der Waals surface area contributed by atoms with Gasteiger partial charge in [0.15, 0.2) is 49.5 Å². The van der Waals surface area contributed by atoms with Crippen LogP contribution in [0, 0.1) is 41.5 Å². The minimum Gasteiger partial charge on any atom is -0.465 e. The molecule has 0 spiro atoms. The van der Waals surface area contributed by atoms with Gasteiger partial charge in [0.05, 0.1) is 55.5 Å².